The van der Waals surface area contributed by atoms with E-state index in [1.165, 1.54) is 25.7 Å². The Morgan fingerprint density at radius 3 is 2.57 bits per heavy atom. The van der Waals surface area contributed by atoms with Crippen LogP contribution in [0.5, 0.6) is 0 Å². The highest BCUT2D eigenvalue weighted by Gasteiger charge is 2.41. The van der Waals surface area contributed by atoms with E-state index in [1.54, 1.807) is 0 Å². The van der Waals surface area contributed by atoms with Gasteiger partial charge in [0.2, 0.25) is 5.91 Å². The molecule has 2 aliphatic carbocycles. The Kier molecular flexibility index (Phi) is 3.05. The SMILES string of the molecule is Nc1cc2c(cc1NCC(C1CC1)C1CC1)NC(=O)CC2. The van der Waals surface area contributed by atoms with E-state index in [0.717, 1.165) is 53.3 Å². The van der Waals surface area contributed by atoms with Crippen molar-refractivity contribution in [2.75, 3.05) is 22.9 Å². The van der Waals surface area contributed by atoms with Gasteiger partial charge in [-0.2, -0.15) is 0 Å². The van der Waals surface area contributed by atoms with Crippen molar-refractivity contribution in [2.24, 2.45) is 17.8 Å². The molecule has 1 aromatic rings. The Morgan fingerprint density at radius 2 is 1.90 bits per heavy atom. The lowest BCUT2D eigenvalue weighted by atomic mass is 9.97. The van der Waals surface area contributed by atoms with E-state index in [-0.39, 0.29) is 5.91 Å². The lowest BCUT2D eigenvalue weighted by Crippen LogP contribution is -2.21. The van der Waals surface area contributed by atoms with Crippen LogP contribution in [0.15, 0.2) is 12.1 Å². The molecule has 3 aliphatic rings. The van der Waals surface area contributed by atoms with Crippen molar-refractivity contribution >= 4 is 23.0 Å². The molecule has 4 rings (SSSR count). The monoisotopic (exact) mass is 285 g/mol. The molecule has 0 unspecified atom stereocenters. The van der Waals surface area contributed by atoms with Crippen molar-refractivity contribution in [2.45, 2.75) is 38.5 Å². The van der Waals surface area contributed by atoms with Crippen molar-refractivity contribution in [1.82, 2.24) is 0 Å². The number of hydrogen-bond acceptors (Lipinski definition) is 3. The molecule has 0 bridgehead atoms. The van der Waals surface area contributed by atoms with Crippen molar-refractivity contribution in [3.63, 3.8) is 0 Å². The largest absolute Gasteiger partial charge is 0.397 e. The van der Waals surface area contributed by atoms with Gasteiger partial charge in [0.15, 0.2) is 0 Å². The molecule has 0 radical (unpaired) electrons. The first kappa shape index (κ1) is 13.0. The third kappa shape index (κ3) is 2.71. The summed E-state index contributed by atoms with van der Waals surface area (Å²) in [5, 5.41) is 6.50. The van der Waals surface area contributed by atoms with Crippen LogP contribution in [-0.4, -0.2) is 12.5 Å². The molecule has 2 saturated carbocycles. The van der Waals surface area contributed by atoms with Gasteiger partial charge in [-0.3, -0.25) is 4.79 Å². The molecule has 21 heavy (non-hydrogen) atoms. The molecule has 1 heterocycles. The van der Waals surface area contributed by atoms with E-state index in [9.17, 15) is 4.79 Å². The number of carbonyl (C=O) groups excluding carboxylic acids is 1. The maximum absolute atomic E-state index is 11.5. The molecule has 1 aliphatic heterocycles. The summed E-state index contributed by atoms with van der Waals surface area (Å²) in [5.41, 5.74) is 10.0. The molecule has 4 nitrogen and oxygen atoms in total. The summed E-state index contributed by atoms with van der Waals surface area (Å²) < 4.78 is 0. The second kappa shape index (κ2) is 4.93. The predicted molar refractivity (Wildman–Crippen MR) is 85.2 cm³/mol. The number of nitrogens with one attached hydrogen (secondary N) is 2. The van der Waals surface area contributed by atoms with Gasteiger partial charge < -0.3 is 16.4 Å². The summed E-state index contributed by atoms with van der Waals surface area (Å²) in [7, 11) is 0. The first-order chi connectivity index (χ1) is 10.2. The van der Waals surface area contributed by atoms with Gasteiger partial charge in [0.25, 0.3) is 0 Å². The van der Waals surface area contributed by atoms with Crippen LogP contribution in [0.1, 0.15) is 37.7 Å². The fourth-order valence-electron chi connectivity index (χ4n) is 3.60. The standard InChI is InChI=1S/C17H23N3O/c18-14-7-12-5-6-17(21)20-15(12)8-16(14)19-9-13(10-1-2-10)11-3-4-11/h7-8,10-11,13,19H,1-6,9,18H2,(H,20,21). The van der Waals surface area contributed by atoms with Gasteiger partial charge in [-0.1, -0.05) is 0 Å². The number of nitrogen functional groups attached to an aromatic ring is 1. The number of amides is 1. The summed E-state index contributed by atoms with van der Waals surface area (Å²) >= 11 is 0. The highest BCUT2D eigenvalue weighted by Crippen LogP contribution is 2.49. The van der Waals surface area contributed by atoms with Crippen LogP contribution in [0, 0.1) is 17.8 Å². The van der Waals surface area contributed by atoms with E-state index in [0.29, 0.717) is 6.42 Å². The van der Waals surface area contributed by atoms with Crippen LogP contribution in [0.4, 0.5) is 17.1 Å². The molecule has 0 spiro atoms. The lowest BCUT2D eigenvalue weighted by Gasteiger charge is -2.22. The molecule has 4 heteroatoms. The van der Waals surface area contributed by atoms with Crippen molar-refractivity contribution in [1.29, 1.82) is 0 Å². The van der Waals surface area contributed by atoms with Crippen LogP contribution in [0.25, 0.3) is 0 Å². The van der Waals surface area contributed by atoms with Crippen LogP contribution in [0.3, 0.4) is 0 Å². The summed E-state index contributed by atoms with van der Waals surface area (Å²) in [6.45, 7) is 1.02. The molecule has 1 aromatic carbocycles. The number of fused-ring (bicyclic) bond motifs is 1. The minimum Gasteiger partial charge on any atom is -0.397 e. The minimum atomic E-state index is 0.104. The van der Waals surface area contributed by atoms with Crippen molar-refractivity contribution in [3.8, 4) is 0 Å². The van der Waals surface area contributed by atoms with E-state index in [1.807, 2.05) is 12.1 Å². The molecule has 2 fully saturated rings. The Balaban J connectivity index is 1.49. The van der Waals surface area contributed by atoms with Gasteiger partial charge >= 0.3 is 0 Å². The maximum atomic E-state index is 11.5. The van der Waals surface area contributed by atoms with Crippen molar-refractivity contribution < 1.29 is 4.79 Å². The van der Waals surface area contributed by atoms with E-state index in [2.05, 4.69) is 10.6 Å². The van der Waals surface area contributed by atoms with Crippen LogP contribution in [-0.2, 0) is 11.2 Å². The maximum Gasteiger partial charge on any atom is 0.224 e. The minimum absolute atomic E-state index is 0.104. The van der Waals surface area contributed by atoms with Crippen LogP contribution < -0.4 is 16.4 Å². The molecular weight excluding hydrogens is 262 g/mol. The number of anilines is 3. The fourth-order valence-corrected chi connectivity index (χ4v) is 3.60. The van der Waals surface area contributed by atoms with E-state index in [4.69, 9.17) is 5.73 Å². The Labute approximate surface area is 125 Å². The number of benzene rings is 1. The second-order valence-corrected chi connectivity index (χ2v) is 6.86. The molecule has 112 valence electrons. The molecular formula is C17H23N3O. The Morgan fingerprint density at radius 1 is 1.19 bits per heavy atom. The van der Waals surface area contributed by atoms with Gasteiger partial charge in [-0.05, 0) is 67.6 Å². The average Bonchev–Trinajstić information content (AvgIpc) is 3.34. The Hall–Kier alpha value is -1.71. The molecule has 1 amide bonds. The smallest absolute Gasteiger partial charge is 0.224 e. The third-order valence-electron chi connectivity index (χ3n) is 5.15. The quantitative estimate of drug-likeness (QED) is 0.729. The average molecular weight is 285 g/mol. The zero-order valence-corrected chi connectivity index (χ0v) is 12.3. The highest BCUT2D eigenvalue weighted by molar-refractivity contribution is 5.95. The van der Waals surface area contributed by atoms with Gasteiger partial charge in [0, 0.05) is 18.7 Å². The summed E-state index contributed by atoms with van der Waals surface area (Å²) in [6.07, 6.45) is 6.96. The van der Waals surface area contributed by atoms with Gasteiger partial charge in [-0.15, -0.1) is 0 Å². The summed E-state index contributed by atoms with van der Waals surface area (Å²) in [5.74, 6) is 2.79. The first-order valence-electron chi connectivity index (χ1n) is 8.17. The van der Waals surface area contributed by atoms with E-state index >= 15 is 0 Å². The number of nitrogens with two attached hydrogens (primary N) is 1. The van der Waals surface area contributed by atoms with Gasteiger partial charge in [0.05, 0.1) is 11.4 Å². The highest BCUT2D eigenvalue weighted by atomic mass is 16.1. The van der Waals surface area contributed by atoms with Crippen molar-refractivity contribution in [3.05, 3.63) is 17.7 Å². The number of aryl methyl sites for hydroxylation is 1. The molecule has 0 aromatic heterocycles. The Bertz CT molecular complexity index is 564. The third-order valence-corrected chi connectivity index (χ3v) is 5.15. The topological polar surface area (TPSA) is 67.2 Å². The van der Waals surface area contributed by atoms with Crippen LogP contribution >= 0.6 is 0 Å². The summed E-state index contributed by atoms with van der Waals surface area (Å²) in [4.78, 5) is 11.5. The normalized spacial score (nSPS) is 21.1. The molecule has 0 atom stereocenters. The fraction of sp³-hybridized carbons (Fsp3) is 0.588. The number of hydrogen-bond donors (Lipinski definition) is 3. The van der Waals surface area contributed by atoms with Gasteiger partial charge in [-0.25, -0.2) is 0 Å². The zero-order valence-electron chi connectivity index (χ0n) is 12.3. The molecule has 4 N–H and O–H groups in total. The van der Waals surface area contributed by atoms with Gasteiger partial charge in [0.1, 0.15) is 0 Å². The van der Waals surface area contributed by atoms with Crippen LogP contribution in [0.2, 0.25) is 0 Å². The first-order valence-corrected chi connectivity index (χ1v) is 8.17. The van der Waals surface area contributed by atoms with E-state index < -0.39 is 0 Å². The second-order valence-electron chi connectivity index (χ2n) is 6.86. The number of rotatable bonds is 5. The zero-order chi connectivity index (χ0) is 14.4. The predicted octanol–water partition coefficient (Wildman–Crippen LogP) is 3.00. The summed E-state index contributed by atoms with van der Waals surface area (Å²) in [6, 6.07) is 4.03. The number of carbonyl (C=O) groups is 1. The molecule has 0 saturated heterocycles. The lowest BCUT2D eigenvalue weighted by molar-refractivity contribution is -0.116.